The molecule has 1 aromatic carbocycles. The van der Waals surface area contributed by atoms with Crippen LogP contribution in [0.5, 0.6) is 5.75 Å². The van der Waals surface area contributed by atoms with E-state index in [-0.39, 0.29) is 0 Å². The maximum atomic E-state index is 5.35. The quantitative estimate of drug-likeness (QED) is 0.669. The minimum absolute atomic E-state index is 0.773. The minimum Gasteiger partial charge on any atom is -0.494 e. The van der Waals surface area contributed by atoms with Crippen molar-refractivity contribution in [3.63, 3.8) is 0 Å². The Balaban J connectivity index is 2.21. The third-order valence-electron chi connectivity index (χ3n) is 2.88. The van der Waals surface area contributed by atoms with E-state index in [9.17, 15) is 0 Å². The van der Waals surface area contributed by atoms with E-state index in [2.05, 4.69) is 25.9 Å². The molecule has 0 amide bonds. The van der Waals surface area contributed by atoms with Crippen LogP contribution in [0.1, 0.15) is 0 Å². The average Bonchev–Trinajstić information content (AvgIpc) is 2.46. The molecule has 0 aliphatic rings. The molecule has 2 aromatic heterocycles. The number of rotatable bonds is 2. The van der Waals surface area contributed by atoms with Gasteiger partial charge >= 0.3 is 0 Å². The van der Waals surface area contributed by atoms with Crippen LogP contribution in [0.3, 0.4) is 0 Å². The van der Waals surface area contributed by atoms with Crippen LogP contribution in [0.15, 0.2) is 53.1 Å². The Bertz CT molecular complexity index is 743. The molecule has 0 unspecified atom stereocenters. The van der Waals surface area contributed by atoms with Crippen molar-refractivity contribution in [2.24, 2.45) is 0 Å². The largest absolute Gasteiger partial charge is 0.494 e. The Kier molecular flexibility index (Phi) is 3.17. The molecule has 3 aromatic rings. The SMILES string of the molecule is COc1cccc2ccc(-c3cccc(Br)n3)nc12. The summed E-state index contributed by atoms with van der Waals surface area (Å²) < 4.78 is 6.15. The van der Waals surface area contributed by atoms with Gasteiger partial charge in [0.1, 0.15) is 15.9 Å². The Morgan fingerprint density at radius 3 is 2.47 bits per heavy atom. The standard InChI is InChI=1S/C15H11BrN2O/c1-19-13-6-2-4-10-8-9-12(18-15(10)13)11-5-3-7-14(16)17-11/h2-9H,1H3. The fourth-order valence-electron chi connectivity index (χ4n) is 1.98. The summed E-state index contributed by atoms with van der Waals surface area (Å²) in [6.07, 6.45) is 0. The maximum Gasteiger partial charge on any atom is 0.145 e. The molecule has 0 saturated carbocycles. The highest BCUT2D eigenvalue weighted by molar-refractivity contribution is 9.10. The van der Waals surface area contributed by atoms with Gasteiger partial charge in [-0.15, -0.1) is 0 Å². The zero-order valence-electron chi connectivity index (χ0n) is 10.3. The summed E-state index contributed by atoms with van der Waals surface area (Å²) in [4.78, 5) is 9.07. The van der Waals surface area contributed by atoms with E-state index in [0.717, 1.165) is 32.6 Å². The number of nitrogens with zero attached hydrogens (tertiary/aromatic N) is 2. The highest BCUT2D eigenvalue weighted by Gasteiger charge is 2.06. The lowest BCUT2D eigenvalue weighted by Gasteiger charge is -2.06. The molecule has 3 nitrogen and oxygen atoms in total. The molecule has 0 radical (unpaired) electrons. The van der Waals surface area contributed by atoms with Crippen molar-refractivity contribution in [2.45, 2.75) is 0 Å². The van der Waals surface area contributed by atoms with Crippen molar-refractivity contribution >= 4 is 26.8 Å². The van der Waals surface area contributed by atoms with Crippen LogP contribution < -0.4 is 4.74 Å². The topological polar surface area (TPSA) is 35.0 Å². The Morgan fingerprint density at radius 1 is 0.895 bits per heavy atom. The third-order valence-corrected chi connectivity index (χ3v) is 3.32. The van der Waals surface area contributed by atoms with Crippen LogP contribution in [0.2, 0.25) is 0 Å². The number of benzene rings is 1. The summed E-state index contributed by atoms with van der Waals surface area (Å²) >= 11 is 3.37. The second-order valence-corrected chi connectivity index (χ2v) is 4.89. The first-order chi connectivity index (χ1) is 9.28. The molecule has 19 heavy (non-hydrogen) atoms. The van der Waals surface area contributed by atoms with Gasteiger partial charge in [0.05, 0.1) is 18.5 Å². The summed E-state index contributed by atoms with van der Waals surface area (Å²) in [6, 6.07) is 15.7. The molecule has 0 bridgehead atoms. The number of hydrogen-bond acceptors (Lipinski definition) is 3. The molecule has 0 saturated heterocycles. The van der Waals surface area contributed by atoms with Gasteiger partial charge in [-0.1, -0.05) is 24.3 Å². The third kappa shape index (κ3) is 2.31. The van der Waals surface area contributed by atoms with Crippen molar-refractivity contribution in [3.05, 3.63) is 53.1 Å². The van der Waals surface area contributed by atoms with E-state index in [1.807, 2.05) is 48.5 Å². The number of methoxy groups -OCH3 is 1. The monoisotopic (exact) mass is 314 g/mol. The zero-order chi connectivity index (χ0) is 13.2. The van der Waals surface area contributed by atoms with Crippen molar-refractivity contribution in [1.29, 1.82) is 0 Å². The van der Waals surface area contributed by atoms with Crippen LogP contribution in [-0.4, -0.2) is 17.1 Å². The number of ether oxygens (including phenoxy) is 1. The molecule has 0 aliphatic carbocycles. The van der Waals surface area contributed by atoms with Crippen LogP contribution in [0, 0.1) is 0 Å². The van der Waals surface area contributed by atoms with Gasteiger partial charge in [0.15, 0.2) is 0 Å². The second kappa shape index (κ2) is 4.97. The summed E-state index contributed by atoms with van der Waals surface area (Å²) in [7, 11) is 1.65. The normalized spacial score (nSPS) is 10.6. The molecular weight excluding hydrogens is 304 g/mol. The van der Waals surface area contributed by atoms with Crippen LogP contribution in [0.25, 0.3) is 22.3 Å². The van der Waals surface area contributed by atoms with Crippen molar-refractivity contribution in [1.82, 2.24) is 9.97 Å². The molecule has 0 spiro atoms. The highest BCUT2D eigenvalue weighted by atomic mass is 79.9. The number of hydrogen-bond donors (Lipinski definition) is 0. The van der Waals surface area contributed by atoms with E-state index in [0.29, 0.717) is 0 Å². The summed E-state index contributed by atoms with van der Waals surface area (Å²) in [5.41, 5.74) is 2.52. The lowest BCUT2D eigenvalue weighted by molar-refractivity contribution is 0.419. The minimum atomic E-state index is 0.773. The zero-order valence-corrected chi connectivity index (χ0v) is 11.9. The van der Waals surface area contributed by atoms with Crippen LogP contribution in [0.4, 0.5) is 0 Å². The van der Waals surface area contributed by atoms with E-state index in [4.69, 9.17) is 4.74 Å². The molecule has 0 atom stereocenters. The van der Waals surface area contributed by atoms with E-state index in [1.54, 1.807) is 7.11 Å². The number of halogens is 1. The first-order valence-corrected chi connectivity index (χ1v) is 6.64. The van der Waals surface area contributed by atoms with E-state index in [1.165, 1.54) is 0 Å². The molecule has 4 heteroatoms. The number of aromatic nitrogens is 2. The van der Waals surface area contributed by atoms with Gasteiger partial charge in [0, 0.05) is 5.39 Å². The van der Waals surface area contributed by atoms with Crippen molar-refractivity contribution in [2.75, 3.05) is 7.11 Å². The number of para-hydroxylation sites is 1. The lowest BCUT2D eigenvalue weighted by Crippen LogP contribution is -1.91. The Hall–Kier alpha value is -1.94. The fourth-order valence-corrected chi connectivity index (χ4v) is 2.32. The summed E-state index contributed by atoms with van der Waals surface area (Å²) in [5, 5.41) is 1.05. The van der Waals surface area contributed by atoms with Gasteiger partial charge in [-0.3, -0.25) is 0 Å². The molecule has 0 fully saturated rings. The predicted molar refractivity (Wildman–Crippen MR) is 79.2 cm³/mol. The predicted octanol–water partition coefficient (Wildman–Crippen LogP) is 4.07. The van der Waals surface area contributed by atoms with Gasteiger partial charge in [0.25, 0.3) is 0 Å². The number of pyridine rings is 2. The Labute approximate surface area is 119 Å². The fraction of sp³-hybridized carbons (Fsp3) is 0.0667. The van der Waals surface area contributed by atoms with Crippen molar-refractivity contribution < 1.29 is 4.74 Å². The summed E-state index contributed by atoms with van der Waals surface area (Å²) in [5.74, 6) is 0.773. The van der Waals surface area contributed by atoms with Gasteiger partial charge in [-0.25, -0.2) is 9.97 Å². The molecular formula is C15H11BrN2O. The molecule has 3 rings (SSSR count). The van der Waals surface area contributed by atoms with Gasteiger partial charge < -0.3 is 4.74 Å². The second-order valence-electron chi connectivity index (χ2n) is 4.07. The maximum absolute atomic E-state index is 5.35. The Morgan fingerprint density at radius 2 is 1.68 bits per heavy atom. The van der Waals surface area contributed by atoms with Crippen LogP contribution >= 0.6 is 15.9 Å². The van der Waals surface area contributed by atoms with E-state index >= 15 is 0 Å². The first-order valence-electron chi connectivity index (χ1n) is 5.84. The lowest BCUT2D eigenvalue weighted by atomic mass is 10.1. The first kappa shape index (κ1) is 12.1. The summed E-state index contributed by atoms with van der Waals surface area (Å²) in [6.45, 7) is 0. The van der Waals surface area contributed by atoms with Gasteiger partial charge in [0.2, 0.25) is 0 Å². The molecule has 0 N–H and O–H groups in total. The molecule has 2 heterocycles. The molecule has 0 aliphatic heterocycles. The highest BCUT2D eigenvalue weighted by Crippen LogP contribution is 2.26. The van der Waals surface area contributed by atoms with Crippen molar-refractivity contribution in [3.8, 4) is 17.1 Å². The average molecular weight is 315 g/mol. The smallest absolute Gasteiger partial charge is 0.145 e. The van der Waals surface area contributed by atoms with Gasteiger partial charge in [-0.2, -0.15) is 0 Å². The number of fused-ring (bicyclic) bond motifs is 1. The molecule has 94 valence electrons. The van der Waals surface area contributed by atoms with E-state index < -0.39 is 0 Å². The van der Waals surface area contributed by atoms with Crippen LogP contribution in [-0.2, 0) is 0 Å². The van der Waals surface area contributed by atoms with Gasteiger partial charge in [-0.05, 0) is 40.2 Å².